The van der Waals surface area contributed by atoms with E-state index in [4.69, 9.17) is 5.73 Å². The van der Waals surface area contributed by atoms with Crippen LogP contribution in [0.15, 0.2) is 28.9 Å². The van der Waals surface area contributed by atoms with Crippen molar-refractivity contribution < 1.29 is 22.1 Å². The first kappa shape index (κ1) is 11.4. The van der Waals surface area contributed by atoms with Crippen molar-refractivity contribution in [3.63, 3.8) is 0 Å². The summed E-state index contributed by atoms with van der Waals surface area (Å²) in [4.78, 5) is 0. The van der Waals surface area contributed by atoms with Crippen molar-refractivity contribution >= 4 is 5.88 Å². The lowest BCUT2D eigenvalue weighted by Gasteiger charge is -2.09. The third-order valence-corrected chi connectivity index (χ3v) is 2.18. The maximum absolute atomic E-state index is 13.0. The zero-order valence-electron chi connectivity index (χ0n) is 8.25. The molecule has 2 rings (SSSR count). The minimum atomic E-state index is -4.76. The number of alkyl halides is 3. The number of anilines is 1. The summed E-state index contributed by atoms with van der Waals surface area (Å²) in [5.41, 5.74) is 4.30. The lowest BCUT2D eigenvalue weighted by molar-refractivity contribution is -0.139. The van der Waals surface area contributed by atoms with E-state index < -0.39 is 17.6 Å². The number of nitrogens with two attached hydrogens (primary N) is 1. The Bertz CT molecular complexity index is 547. The van der Waals surface area contributed by atoms with E-state index in [1.54, 1.807) is 0 Å². The summed E-state index contributed by atoms with van der Waals surface area (Å²) in [6.45, 7) is 0. The van der Waals surface area contributed by atoms with Crippen LogP contribution < -0.4 is 5.73 Å². The summed E-state index contributed by atoms with van der Waals surface area (Å²) in [7, 11) is 0. The highest BCUT2D eigenvalue weighted by molar-refractivity contribution is 5.72. The van der Waals surface area contributed by atoms with Gasteiger partial charge in [-0.2, -0.15) is 13.2 Å². The summed E-state index contributed by atoms with van der Waals surface area (Å²) >= 11 is 0. The Morgan fingerprint density at radius 1 is 1.24 bits per heavy atom. The highest BCUT2D eigenvalue weighted by atomic mass is 19.4. The van der Waals surface area contributed by atoms with Gasteiger partial charge in [-0.1, -0.05) is 11.2 Å². The SMILES string of the molecule is Nc1oncc1-c1ccc(F)c(C(F)(F)F)c1. The number of nitrogens with zero attached hydrogens (tertiary/aromatic N) is 1. The first-order valence-electron chi connectivity index (χ1n) is 4.47. The zero-order chi connectivity index (χ0) is 12.6. The van der Waals surface area contributed by atoms with E-state index in [2.05, 4.69) is 9.68 Å². The molecule has 2 aromatic rings. The topological polar surface area (TPSA) is 52.0 Å². The molecule has 3 nitrogen and oxygen atoms in total. The fourth-order valence-electron chi connectivity index (χ4n) is 1.38. The Morgan fingerprint density at radius 2 is 1.94 bits per heavy atom. The van der Waals surface area contributed by atoms with E-state index in [9.17, 15) is 17.6 Å². The maximum Gasteiger partial charge on any atom is 0.419 e. The second-order valence-corrected chi connectivity index (χ2v) is 3.30. The smallest absolute Gasteiger partial charge is 0.367 e. The maximum atomic E-state index is 13.0. The molecule has 0 aliphatic rings. The van der Waals surface area contributed by atoms with Gasteiger partial charge in [0.15, 0.2) is 0 Å². The second kappa shape index (κ2) is 3.76. The molecule has 90 valence electrons. The minimum absolute atomic E-state index is 0.0949. The molecule has 1 aromatic carbocycles. The third-order valence-electron chi connectivity index (χ3n) is 2.18. The molecular formula is C10H6F4N2O. The Labute approximate surface area is 92.8 Å². The van der Waals surface area contributed by atoms with Gasteiger partial charge in [-0.25, -0.2) is 4.39 Å². The summed E-state index contributed by atoms with van der Waals surface area (Å²) in [5, 5.41) is 3.34. The molecule has 0 bridgehead atoms. The summed E-state index contributed by atoms with van der Waals surface area (Å²) < 4.78 is 54.9. The molecule has 7 heteroatoms. The van der Waals surface area contributed by atoms with E-state index >= 15 is 0 Å². The van der Waals surface area contributed by atoms with E-state index in [0.29, 0.717) is 6.07 Å². The quantitative estimate of drug-likeness (QED) is 0.786. The Morgan fingerprint density at radius 3 is 2.47 bits per heavy atom. The number of hydrogen-bond donors (Lipinski definition) is 1. The first-order valence-corrected chi connectivity index (χ1v) is 4.47. The molecule has 0 aliphatic carbocycles. The van der Waals surface area contributed by atoms with Crippen LogP contribution in [0.5, 0.6) is 0 Å². The number of halogens is 4. The van der Waals surface area contributed by atoms with Crippen molar-refractivity contribution in [2.75, 3.05) is 5.73 Å². The van der Waals surface area contributed by atoms with Crippen molar-refractivity contribution in [1.82, 2.24) is 5.16 Å². The van der Waals surface area contributed by atoms with E-state index in [1.807, 2.05) is 0 Å². The molecule has 1 heterocycles. The van der Waals surface area contributed by atoms with Crippen LogP contribution in [0.1, 0.15) is 5.56 Å². The van der Waals surface area contributed by atoms with Crippen LogP contribution in [0.3, 0.4) is 0 Å². The van der Waals surface area contributed by atoms with Crippen LogP contribution in [-0.2, 0) is 6.18 Å². The number of nitrogen functional groups attached to an aromatic ring is 1. The van der Waals surface area contributed by atoms with Crippen LogP contribution in [-0.4, -0.2) is 5.16 Å². The molecule has 0 aliphatic heterocycles. The fraction of sp³-hybridized carbons (Fsp3) is 0.100. The predicted molar refractivity (Wildman–Crippen MR) is 51.3 cm³/mol. The van der Waals surface area contributed by atoms with Crippen molar-refractivity contribution in [2.24, 2.45) is 0 Å². The number of hydrogen-bond acceptors (Lipinski definition) is 3. The van der Waals surface area contributed by atoms with Crippen LogP contribution in [0, 0.1) is 5.82 Å². The van der Waals surface area contributed by atoms with Crippen LogP contribution in [0.4, 0.5) is 23.4 Å². The molecule has 2 N–H and O–H groups in total. The average molecular weight is 246 g/mol. The van der Waals surface area contributed by atoms with Crippen molar-refractivity contribution in [3.05, 3.63) is 35.8 Å². The molecule has 0 amide bonds. The second-order valence-electron chi connectivity index (χ2n) is 3.30. The van der Waals surface area contributed by atoms with Gasteiger partial charge in [0.2, 0.25) is 5.88 Å². The highest BCUT2D eigenvalue weighted by Crippen LogP contribution is 2.35. The van der Waals surface area contributed by atoms with E-state index in [0.717, 1.165) is 6.07 Å². The highest BCUT2D eigenvalue weighted by Gasteiger charge is 2.34. The number of rotatable bonds is 1. The van der Waals surface area contributed by atoms with Crippen LogP contribution in [0.25, 0.3) is 11.1 Å². The zero-order valence-corrected chi connectivity index (χ0v) is 8.25. The normalized spacial score (nSPS) is 11.8. The summed E-state index contributed by atoms with van der Waals surface area (Å²) in [6.07, 6.45) is -3.59. The molecular weight excluding hydrogens is 240 g/mol. The molecule has 0 fully saturated rings. The van der Waals surface area contributed by atoms with Gasteiger partial charge in [-0.15, -0.1) is 0 Å². The Kier molecular flexibility index (Phi) is 2.53. The standard InChI is InChI=1S/C10H6F4N2O/c11-8-2-1-5(3-7(8)10(12,13)14)6-4-16-17-9(6)15/h1-4H,15H2. The van der Waals surface area contributed by atoms with Gasteiger partial charge >= 0.3 is 6.18 Å². The first-order chi connectivity index (χ1) is 7.89. The van der Waals surface area contributed by atoms with Gasteiger partial charge in [0.05, 0.1) is 17.3 Å². The minimum Gasteiger partial charge on any atom is -0.367 e. The van der Waals surface area contributed by atoms with Gasteiger partial charge in [0, 0.05) is 0 Å². The third kappa shape index (κ3) is 2.08. The molecule has 0 saturated carbocycles. The van der Waals surface area contributed by atoms with Gasteiger partial charge in [0.1, 0.15) is 5.82 Å². The van der Waals surface area contributed by atoms with Gasteiger partial charge < -0.3 is 10.3 Å². The molecule has 1 aromatic heterocycles. The van der Waals surface area contributed by atoms with Crippen molar-refractivity contribution in [3.8, 4) is 11.1 Å². The molecule has 0 radical (unpaired) electrons. The van der Waals surface area contributed by atoms with Crippen LogP contribution >= 0.6 is 0 Å². The van der Waals surface area contributed by atoms with E-state index in [-0.39, 0.29) is 17.0 Å². The lowest BCUT2D eigenvalue weighted by Crippen LogP contribution is -2.08. The Balaban J connectivity index is 2.56. The monoisotopic (exact) mass is 246 g/mol. The molecule has 17 heavy (non-hydrogen) atoms. The molecule has 0 saturated heterocycles. The molecule has 0 atom stereocenters. The van der Waals surface area contributed by atoms with Crippen molar-refractivity contribution in [1.29, 1.82) is 0 Å². The summed E-state index contributed by atoms with van der Waals surface area (Å²) in [5.74, 6) is -1.46. The van der Waals surface area contributed by atoms with Crippen LogP contribution in [0.2, 0.25) is 0 Å². The van der Waals surface area contributed by atoms with Gasteiger partial charge in [-0.3, -0.25) is 0 Å². The molecule has 0 spiro atoms. The predicted octanol–water partition coefficient (Wildman–Crippen LogP) is 3.08. The van der Waals surface area contributed by atoms with Gasteiger partial charge in [-0.05, 0) is 17.7 Å². The summed E-state index contributed by atoms with van der Waals surface area (Å²) in [6, 6.07) is 2.57. The lowest BCUT2D eigenvalue weighted by atomic mass is 10.0. The van der Waals surface area contributed by atoms with Crippen molar-refractivity contribution in [2.45, 2.75) is 6.18 Å². The average Bonchev–Trinajstić information content (AvgIpc) is 2.63. The largest absolute Gasteiger partial charge is 0.419 e. The van der Waals surface area contributed by atoms with Gasteiger partial charge in [0.25, 0.3) is 0 Å². The number of aromatic nitrogens is 1. The number of benzene rings is 1. The molecule has 0 unspecified atom stereocenters. The Hall–Kier alpha value is -2.05. The fourth-order valence-corrected chi connectivity index (χ4v) is 1.38. The van der Waals surface area contributed by atoms with E-state index in [1.165, 1.54) is 12.3 Å².